The Kier molecular flexibility index (Phi) is 3.54. The van der Waals surface area contributed by atoms with Crippen LogP contribution in [0.3, 0.4) is 0 Å². The van der Waals surface area contributed by atoms with Crippen molar-refractivity contribution in [3.63, 3.8) is 0 Å². The number of nitrogens with zero attached hydrogens (tertiary/aromatic N) is 2. The van der Waals surface area contributed by atoms with Crippen molar-refractivity contribution in [1.82, 2.24) is 9.97 Å². The molecule has 2 heterocycles. The van der Waals surface area contributed by atoms with Gasteiger partial charge in [0.05, 0.1) is 4.90 Å². The second kappa shape index (κ2) is 5.61. The van der Waals surface area contributed by atoms with Crippen molar-refractivity contribution in [1.29, 1.82) is 0 Å². The van der Waals surface area contributed by atoms with E-state index in [4.69, 9.17) is 4.42 Å². The van der Waals surface area contributed by atoms with E-state index in [-0.39, 0.29) is 4.90 Å². The molecule has 0 atom stereocenters. The second-order valence-corrected chi connectivity index (χ2v) is 8.29. The molecule has 0 unspecified atom stereocenters. The van der Waals surface area contributed by atoms with Crippen LogP contribution in [0.15, 0.2) is 74.1 Å². The first-order chi connectivity index (χ1) is 11.5. The summed E-state index contributed by atoms with van der Waals surface area (Å²) in [5.74, 6) is 0. The van der Waals surface area contributed by atoms with Crippen molar-refractivity contribution in [2.24, 2.45) is 0 Å². The SMILES string of the molecule is CS(=O)(=O)c1ccccc1Sc1ncnc2c1oc1ccccc12. The third-order valence-electron chi connectivity index (χ3n) is 3.58. The van der Waals surface area contributed by atoms with E-state index in [9.17, 15) is 8.42 Å². The zero-order valence-corrected chi connectivity index (χ0v) is 14.3. The van der Waals surface area contributed by atoms with E-state index in [1.165, 1.54) is 24.3 Å². The summed E-state index contributed by atoms with van der Waals surface area (Å²) < 4.78 is 29.8. The molecule has 5 nitrogen and oxygen atoms in total. The number of para-hydroxylation sites is 1. The van der Waals surface area contributed by atoms with Crippen LogP contribution in [-0.2, 0) is 9.84 Å². The lowest BCUT2D eigenvalue weighted by atomic mass is 10.2. The maximum absolute atomic E-state index is 12.0. The third kappa shape index (κ3) is 2.55. The molecule has 2 aromatic carbocycles. The van der Waals surface area contributed by atoms with Crippen LogP contribution < -0.4 is 0 Å². The predicted molar refractivity (Wildman–Crippen MR) is 93.0 cm³/mol. The van der Waals surface area contributed by atoms with Crippen molar-refractivity contribution in [2.75, 3.05) is 6.26 Å². The summed E-state index contributed by atoms with van der Waals surface area (Å²) in [6, 6.07) is 14.5. The summed E-state index contributed by atoms with van der Waals surface area (Å²) in [6.07, 6.45) is 2.67. The molecule has 2 aromatic heterocycles. The highest BCUT2D eigenvalue weighted by Crippen LogP contribution is 2.37. The minimum absolute atomic E-state index is 0.276. The van der Waals surface area contributed by atoms with Crippen LogP contribution in [0, 0.1) is 0 Å². The molecule has 0 radical (unpaired) electrons. The molecule has 0 bridgehead atoms. The van der Waals surface area contributed by atoms with Crippen LogP contribution in [0.4, 0.5) is 0 Å². The van der Waals surface area contributed by atoms with E-state index >= 15 is 0 Å². The average molecular weight is 356 g/mol. The van der Waals surface area contributed by atoms with Crippen LogP contribution in [-0.4, -0.2) is 24.6 Å². The standard InChI is InChI=1S/C17H12N2O3S2/c1-24(20,21)14-9-5-4-8-13(14)23-17-16-15(18-10-19-17)11-6-2-3-7-12(11)22-16/h2-10H,1H3. The Hall–Kier alpha value is -2.38. The fourth-order valence-electron chi connectivity index (χ4n) is 2.52. The van der Waals surface area contributed by atoms with Crippen molar-refractivity contribution in [2.45, 2.75) is 14.8 Å². The van der Waals surface area contributed by atoms with Gasteiger partial charge in [-0.3, -0.25) is 0 Å². The van der Waals surface area contributed by atoms with Gasteiger partial charge in [0.2, 0.25) is 0 Å². The maximum Gasteiger partial charge on any atom is 0.186 e. The van der Waals surface area contributed by atoms with Gasteiger partial charge in [-0.05, 0) is 24.3 Å². The van der Waals surface area contributed by atoms with Crippen molar-refractivity contribution >= 4 is 43.7 Å². The zero-order valence-electron chi connectivity index (χ0n) is 12.6. The highest BCUT2D eigenvalue weighted by atomic mass is 32.2. The monoisotopic (exact) mass is 356 g/mol. The largest absolute Gasteiger partial charge is 0.451 e. The Morgan fingerprint density at radius 2 is 1.75 bits per heavy atom. The summed E-state index contributed by atoms with van der Waals surface area (Å²) in [5.41, 5.74) is 2.01. The van der Waals surface area contributed by atoms with E-state index in [0.29, 0.717) is 15.5 Å². The number of rotatable bonds is 3. The lowest BCUT2D eigenvalue weighted by molar-refractivity contribution is 0.600. The number of sulfone groups is 1. The fraction of sp³-hybridized carbons (Fsp3) is 0.0588. The lowest BCUT2D eigenvalue weighted by Crippen LogP contribution is -1.99. The predicted octanol–water partition coefficient (Wildman–Crippen LogP) is 3.93. The van der Waals surface area contributed by atoms with E-state index in [1.54, 1.807) is 24.3 Å². The minimum atomic E-state index is -3.33. The lowest BCUT2D eigenvalue weighted by Gasteiger charge is -2.06. The number of aromatic nitrogens is 2. The molecule has 0 aliphatic carbocycles. The number of hydrogen-bond acceptors (Lipinski definition) is 6. The third-order valence-corrected chi connectivity index (χ3v) is 5.92. The molecular formula is C17H12N2O3S2. The molecule has 0 aliphatic rings. The Balaban J connectivity index is 1.90. The van der Waals surface area contributed by atoms with E-state index in [1.807, 2.05) is 24.3 Å². The molecule has 0 saturated carbocycles. The number of fused-ring (bicyclic) bond motifs is 3. The van der Waals surface area contributed by atoms with Gasteiger partial charge in [0, 0.05) is 16.5 Å². The highest BCUT2D eigenvalue weighted by molar-refractivity contribution is 8.00. The maximum atomic E-state index is 12.0. The van der Waals surface area contributed by atoms with Gasteiger partial charge in [-0.2, -0.15) is 0 Å². The topological polar surface area (TPSA) is 73.1 Å². The highest BCUT2D eigenvalue weighted by Gasteiger charge is 2.18. The number of furan rings is 1. The molecule has 7 heteroatoms. The summed E-state index contributed by atoms with van der Waals surface area (Å²) in [5, 5.41) is 1.50. The van der Waals surface area contributed by atoms with Gasteiger partial charge in [-0.1, -0.05) is 36.0 Å². The van der Waals surface area contributed by atoms with E-state index in [2.05, 4.69) is 9.97 Å². The molecule has 0 N–H and O–H groups in total. The van der Waals surface area contributed by atoms with Gasteiger partial charge in [0.15, 0.2) is 15.4 Å². The summed E-state index contributed by atoms with van der Waals surface area (Å²) in [4.78, 5) is 9.48. The average Bonchev–Trinajstić information content (AvgIpc) is 2.94. The Morgan fingerprint density at radius 3 is 2.58 bits per heavy atom. The quantitative estimate of drug-likeness (QED) is 0.518. The molecular weight excluding hydrogens is 344 g/mol. The summed E-state index contributed by atoms with van der Waals surface area (Å²) in [6.45, 7) is 0. The molecule has 0 aliphatic heterocycles. The van der Waals surface area contributed by atoms with Gasteiger partial charge in [0.25, 0.3) is 0 Å². The minimum Gasteiger partial charge on any atom is -0.451 e. The zero-order chi connectivity index (χ0) is 16.7. The van der Waals surface area contributed by atoms with Crippen molar-refractivity contribution < 1.29 is 12.8 Å². The summed E-state index contributed by atoms with van der Waals surface area (Å²) in [7, 11) is -3.33. The molecule has 4 rings (SSSR count). The van der Waals surface area contributed by atoms with Crippen LogP contribution >= 0.6 is 11.8 Å². The van der Waals surface area contributed by atoms with E-state index in [0.717, 1.165) is 16.5 Å². The van der Waals surface area contributed by atoms with Gasteiger partial charge < -0.3 is 4.42 Å². The molecule has 0 saturated heterocycles. The van der Waals surface area contributed by atoms with Gasteiger partial charge in [-0.15, -0.1) is 0 Å². The van der Waals surface area contributed by atoms with Crippen molar-refractivity contribution in [3.05, 3.63) is 54.9 Å². The molecule has 0 amide bonds. The Labute approximate surface area is 142 Å². The smallest absolute Gasteiger partial charge is 0.186 e. The van der Waals surface area contributed by atoms with Crippen molar-refractivity contribution in [3.8, 4) is 0 Å². The van der Waals surface area contributed by atoms with Crippen LogP contribution in [0.1, 0.15) is 0 Å². The normalized spacial score (nSPS) is 12.0. The van der Waals surface area contributed by atoms with Crippen LogP contribution in [0.25, 0.3) is 22.1 Å². The first-order valence-electron chi connectivity index (χ1n) is 7.13. The molecule has 0 spiro atoms. The first-order valence-corrected chi connectivity index (χ1v) is 9.84. The Morgan fingerprint density at radius 1 is 1.00 bits per heavy atom. The number of hydrogen-bond donors (Lipinski definition) is 0. The first kappa shape index (κ1) is 15.2. The van der Waals surface area contributed by atoms with Crippen LogP contribution in [0.5, 0.6) is 0 Å². The summed E-state index contributed by atoms with van der Waals surface area (Å²) >= 11 is 1.26. The molecule has 120 valence electrons. The van der Waals surface area contributed by atoms with Gasteiger partial charge in [0.1, 0.15) is 22.5 Å². The second-order valence-electron chi connectivity index (χ2n) is 5.28. The molecule has 4 aromatic rings. The van der Waals surface area contributed by atoms with Gasteiger partial charge >= 0.3 is 0 Å². The van der Waals surface area contributed by atoms with Gasteiger partial charge in [-0.25, -0.2) is 18.4 Å². The van der Waals surface area contributed by atoms with E-state index < -0.39 is 9.84 Å². The molecule has 0 fully saturated rings. The molecule has 24 heavy (non-hydrogen) atoms. The number of benzene rings is 2. The van der Waals surface area contributed by atoms with Crippen LogP contribution in [0.2, 0.25) is 0 Å². The Bertz CT molecular complexity index is 1170. The fourth-order valence-corrected chi connectivity index (χ4v) is 4.71.